The summed E-state index contributed by atoms with van der Waals surface area (Å²) >= 11 is 0. The van der Waals surface area contributed by atoms with Gasteiger partial charge in [0.05, 0.1) is 12.0 Å². The van der Waals surface area contributed by atoms with Crippen LogP contribution in [0.4, 0.5) is 5.69 Å². The summed E-state index contributed by atoms with van der Waals surface area (Å²) in [5.41, 5.74) is 5.23. The Kier molecular flexibility index (Phi) is 6.39. The molecule has 25 heavy (non-hydrogen) atoms. The Hall–Kier alpha value is -3.02. The lowest BCUT2D eigenvalue weighted by molar-refractivity contribution is -0.115. The Morgan fingerprint density at radius 2 is 1.92 bits per heavy atom. The van der Waals surface area contributed by atoms with Crippen LogP contribution in [0.1, 0.15) is 49.0 Å². The molecule has 0 aliphatic rings. The molecule has 0 fully saturated rings. The highest BCUT2D eigenvalue weighted by molar-refractivity contribution is 6.06. The number of pyridine rings is 1. The molecule has 130 valence electrons. The summed E-state index contributed by atoms with van der Waals surface area (Å²) in [5, 5.41) is 6.87. The number of hydrogen-bond acceptors (Lipinski definition) is 4. The third-order valence-corrected chi connectivity index (χ3v) is 3.55. The van der Waals surface area contributed by atoms with Crippen LogP contribution in [-0.4, -0.2) is 22.5 Å². The standard InChI is InChI=1S/C19H22N4O2/c1-13(2)16-8-4-5-9-17(16)21-18(24)11-14(3)22-23-19(25)15-7-6-10-20-12-15/h4-10,12-13H,11H2,1-3H3,(H,21,24)(H,23,25)/b22-14-. The van der Waals surface area contributed by atoms with Gasteiger partial charge in [0, 0.05) is 23.8 Å². The molecule has 1 heterocycles. The molecule has 0 aliphatic heterocycles. The van der Waals surface area contributed by atoms with E-state index in [0.717, 1.165) is 11.3 Å². The molecular formula is C19H22N4O2. The first-order chi connectivity index (χ1) is 12.0. The molecule has 1 aromatic heterocycles. The van der Waals surface area contributed by atoms with E-state index in [2.05, 4.69) is 34.7 Å². The van der Waals surface area contributed by atoms with E-state index in [1.807, 2.05) is 24.3 Å². The van der Waals surface area contributed by atoms with Crippen molar-refractivity contribution >= 4 is 23.2 Å². The summed E-state index contributed by atoms with van der Waals surface area (Å²) in [6.07, 6.45) is 3.14. The number of nitrogens with zero attached hydrogens (tertiary/aromatic N) is 2. The molecule has 0 saturated heterocycles. The largest absolute Gasteiger partial charge is 0.325 e. The second-order valence-electron chi connectivity index (χ2n) is 6.00. The molecule has 0 spiro atoms. The Morgan fingerprint density at radius 1 is 1.16 bits per heavy atom. The first-order valence-electron chi connectivity index (χ1n) is 8.09. The molecule has 6 nitrogen and oxygen atoms in total. The lowest BCUT2D eigenvalue weighted by Crippen LogP contribution is -2.21. The van der Waals surface area contributed by atoms with E-state index in [9.17, 15) is 9.59 Å². The van der Waals surface area contributed by atoms with E-state index in [4.69, 9.17) is 0 Å². The monoisotopic (exact) mass is 338 g/mol. The molecule has 2 rings (SSSR count). The highest BCUT2D eigenvalue weighted by atomic mass is 16.2. The molecule has 2 aromatic rings. The van der Waals surface area contributed by atoms with Crippen LogP contribution in [0.25, 0.3) is 0 Å². The van der Waals surface area contributed by atoms with Crippen molar-refractivity contribution in [2.45, 2.75) is 33.1 Å². The third-order valence-electron chi connectivity index (χ3n) is 3.55. The number of benzene rings is 1. The van der Waals surface area contributed by atoms with Gasteiger partial charge in [-0.05, 0) is 36.6 Å². The van der Waals surface area contributed by atoms with Crippen molar-refractivity contribution in [2.24, 2.45) is 5.10 Å². The molecule has 0 unspecified atom stereocenters. The number of hydrazone groups is 1. The Labute approximate surface area is 147 Å². The number of anilines is 1. The van der Waals surface area contributed by atoms with Gasteiger partial charge >= 0.3 is 0 Å². The fourth-order valence-electron chi connectivity index (χ4n) is 2.29. The number of carbonyl (C=O) groups is 2. The number of amides is 2. The maximum Gasteiger partial charge on any atom is 0.272 e. The fraction of sp³-hybridized carbons (Fsp3) is 0.263. The summed E-state index contributed by atoms with van der Waals surface area (Å²) in [5.74, 6) is -0.229. The van der Waals surface area contributed by atoms with Crippen LogP contribution < -0.4 is 10.7 Å². The van der Waals surface area contributed by atoms with Crippen molar-refractivity contribution in [3.63, 3.8) is 0 Å². The quantitative estimate of drug-likeness (QED) is 0.626. The van der Waals surface area contributed by atoms with Crippen molar-refractivity contribution in [3.8, 4) is 0 Å². The first kappa shape index (κ1) is 18.3. The summed E-state index contributed by atoms with van der Waals surface area (Å²) in [6, 6.07) is 11.0. The van der Waals surface area contributed by atoms with Crippen molar-refractivity contribution in [3.05, 3.63) is 59.9 Å². The average molecular weight is 338 g/mol. The van der Waals surface area contributed by atoms with Crippen LogP contribution in [0.2, 0.25) is 0 Å². The first-order valence-corrected chi connectivity index (χ1v) is 8.09. The van der Waals surface area contributed by atoms with Crippen molar-refractivity contribution in [1.29, 1.82) is 0 Å². The maximum absolute atomic E-state index is 12.2. The zero-order valence-corrected chi connectivity index (χ0v) is 14.6. The Morgan fingerprint density at radius 3 is 2.60 bits per heavy atom. The minimum absolute atomic E-state index is 0.0970. The number of rotatable bonds is 6. The van der Waals surface area contributed by atoms with Crippen LogP contribution in [0.5, 0.6) is 0 Å². The molecule has 0 saturated carbocycles. The van der Waals surface area contributed by atoms with E-state index < -0.39 is 0 Å². The second kappa shape index (κ2) is 8.73. The van der Waals surface area contributed by atoms with E-state index >= 15 is 0 Å². The number of carbonyl (C=O) groups excluding carboxylic acids is 2. The zero-order chi connectivity index (χ0) is 18.2. The van der Waals surface area contributed by atoms with Crippen molar-refractivity contribution in [2.75, 3.05) is 5.32 Å². The topological polar surface area (TPSA) is 83.5 Å². The maximum atomic E-state index is 12.2. The summed E-state index contributed by atoms with van der Waals surface area (Å²) in [7, 11) is 0. The zero-order valence-electron chi connectivity index (χ0n) is 14.6. The molecule has 6 heteroatoms. The predicted octanol–water partition coefficient (Wildman–Crippen LogP) is 3.34. The van der Waals surface area contributed by atoms with Gasteiger partial charge in [-0.1, -0.05) is 32.0 Å². The van der Waals surface area contributed by atoms with E-state index in [1.165, 1.54) is 6.20 Å². The molecule has 0 radical (unpaired) electrons. The highest BCUT2D eigenvalue weighted by Crippen LogP contribution is 2.23. The third kappa shape index (κ3) is 5.53. The van der Waals surface area contributed by atoms with Crippen LogP contribution in [-0.2, 0) is 4.79 Å². The Bertz CT molecular complexity index is 770. The van der Waals surface area contributed by atoms with Gasteiger partial charge in [-0.15, -0.1) is 0 Å². The normalized spacial score (nSPS) is 11.3. The van der Waals surface area contributed by atoms with Gasteiger partial charge in [-0.2, -0.15) is 5.10 Å². The van der Waals surface area contributed by atoms with E-state index in [0.29, 0.717) is 17.2 Å². The minimum Gasteiger partial charge on any atom is -0.325 e. The minimum atomic E-state index is -0.363. The van der Waals surface area contributed by atoms with Gasteiger partial charge in [-0.25, -0.2) is 5.43 Å². The summed E-state index contributed by atoms with van der Waals surface area (Å²) in [6.45, 7) is 5.84. The SMILES string of the molecule is C/C(CC(=O)Nc1ccccc1C(C)C)=N/NC(=O)c1cccnc1. The summed E-state index contributed by atoms with van der Waals surface area (Å²) < 4.78 is 0. The van der Waals surface area contributed by atoms with Crippen LogP contribution >= 0.6 is 0 Å². The smallest absolute Gasteiger partial charge is 0.272 e. The summed E-state index contributed by atoms with van der Waals surface area (Å²) in [4.78, 5) is 28.0. The van der Waals surface area contributed by atoms with Gasteiger partial charge in [0.1, 0.15) is 0 Å². The Balaban J connectivity index is 1.93. The van der Waals surface area contributed by atoms with Crippen LogP contribution in [0.3, 0.4) is 0 Å². The van der Waals surface area contributed by atoms with Crippen molar-refractivity contribution in [1.82, 2.24) is 10.4 Å². The highest BCUT2D eigenvalue weighted by Gasteiger charge is 2.10. The lowest BCUT2D eigenvalue weighted by Gasteiger charge is -2.13. The van der Waals surface area contributed by atoms with Gasteiger partial charge in [0.25, 0.3) is 5.91 Å². The van der Waals surface area contributed by atoms with Crippen LogP contribution in [0.15, 0.2) is 53.9 Å². The van der Waals surface area contributed by atoms with Gasteiger partial charge < -0.3 is 5.32 Å². The molecule has 1 aromatic carbocycles. The fourth-order valence-corrected chi connectivity index (χ4v) is 2.29. The molecular weight excluding hydrogens is 316 g/mol. The van der Waals surface area contributed by atoms with E-state index in [-0.39, 0.29) is 18.2 Å². The van der Waals surface area contributed by atoms with Crippen LogP contribution in [0, 0.1) is 0 Å². The molecule has 0 bridgehead atoms. The van der Waals surface area contributed by atoms with Gasteiger partial charge in [0.15, 0.2) is 0 Å². The molecule has 0 atom stereocenters. The van der Waals surface area contributed by atoms with E-state index in [1.54, 1.807) is 25.3 Å². The van der Waals surface area contributed by atoms with Gasteiger partial charge in [-0.3, -0.25) is 14.6 Å². The number of para-hydroxylation sites is 1. The average Bonchev–Trinajstić information content (AvgIpc) is 2.60. The lowest BCUT2D eigenvalue weighted by atomic mass is 10.0. The number of hydrogen-bond donors (Lipinski definition) is 2. The predicted molar refractivity (Wildman–Crippen MR) is 98.6 cm³/mol. The van der Waals surface area contributed by atoms with Crippen molar-refractivity contribution < 1.29 is 9.59 Å². The number of aromatic nitrogens is 1. The number of nitrogens with one attached hydrogen (secondary N) is 2. The van der Waals surface area contributed by atoms with Gasteiger partial charge in [0.2, 0.25) is 5.91 Å². The second-order valence-corrected chi connectivity index (χ2v) is 6.00. The molecule has 2 amide bonds. The molecule has 2 N–H and O–H groups in total. The molecule has 0 aliphatic carbocycles.